The summed E-state index contributed by atoms with van der Waals surface area (Å²) in [5.74, 6) is 12.1. The maximum atomic E-state index is 6.49. The molecule has 118 heavy (non-hydrogen) atoms. The van der Waals surface area contributed by atoms with Crippen LogP contribution in [0.15, 0.2) is 146 Å². The van der Waals surface area contributed by atoms with E-state index in [-0.39, 0.29) is 10.8 Å². The van der Waals surface area contributed by atoms with E-state index in [0.717, 1.165) is 81.5 Å². The predicted octanol–water partition coefficient (Wildman–Crippen LogP) is 32.9. The van der Waals surface area contributed by atoms with Crippen LogP contribution in [0.1, 0.15) is 363 Å². The van der Waals surface area contributed by atoms with E-state index in [1.807, 2.05) is 97.1 Å². The van der Waals surface area contributed by atoms with Crippen LogP contribution in [0.2, 0.25) is 0 Å². The Bertz CT molecular complexity index is 3770. The van der Waals surface area contributed by atoms with Gasteiger partial charge in [-0.3, -0.25) is 0 Å². The topological polar surface area (TPSA) is 141 Å². The second kappa shape index (κ2) is 46.3. The molecule has 640 valence electrons. The quantitative estimate of drug-likeness (QED) is 0.0219. The monoisotopic (exact) mass is 1600 g/mol. The fourth-order valence-electron chi connectivity index (χ4n) is 21.8. The number of ether oxygens (including phenoxy) is 4. The number of benzene rings is 8. The Hall–Kier alpha value is -7.84. The Kier molecular flexibility index (Phi) is 35.6. The minimum Gasteiger partial charge on any atom is -0.457 e. The highest BCUT2D eigenvalue weighted by Gasteiger charge is 2.44. The molecular formula is C110H156N4O4. The summed E-state index contributed by atoms with van der Waals surface area (Å²) in [6.45, 7) is 22.2. The zero-order chi connectivity index (χ0) is 83.2. The molecule has 0 heterocycles. The summed E-state index contributed by atoms with van der Waals surface area (Å²) < 4.78 is 26.0. The molecule has 0 amide bonds. The van der Waals surface area contributed by atoms with Crippen molar-refractivity contribution in [1.82, 2.24) is 0 Å². The van der Waals surface area contributed by atoms with Gasteiger partial charge in [-0.1, -0.05) is 292 Å². The molecule has 8 heteroatoms. The molecule has 0 saturated heterocycles. The Balaban J connectivity index is 0.000000231. The van der Waals surface area contributed by atoms with Gasteiger partial charge in [-0.25, -0.2) is 0 Å². The smallest absolute Gasteiger partial charge is 0.133 e. The molecule has 0 atom stereocenters. The van der Waals surface area contributed by atoms with Gasteiger partial charge in [0.2, 0.25) is 0 Å². The van der Waals surface area contributed by atoms with Crippen molar-refractivity contribution in [3.63, 3.8) is 0 Å². The maximum Gasteiger partial charge on any atom is 0.133 e. The number of aryl methyl sites for hydroxylation is 8. The first kappa shape index (κ1) is 90.9. The summed E-state index contributed by atoms with van der Waals surface area (Å²) in [7, 11) is 0. The highest BCUT2D eigenvalue weighted by Crippen LogP contribution is 2.55. The van der Waals surface area contributed by atoms with Crippen molar-refractivity contribution >= 4 is 22.7 Å². The van der Waals surface area contributed by atoms with Crippen LogP contribution < -0.4 is 41.9 Å². The Morgan fingerprint density at radius 3 is 0.644 bits per heavy atom. The molecule has 4 aliphatic carbocycles. The van der Waals surface area contributed by atoms with E-state index in [2.05, 4.69) is 118 Å². The summed E-state index contributed by atoms with van der Waals surface area (Å²) in [6, 6.07) is 50.3. The summed E-state index contributed by atoms with van der Waals surface area (Å²) in [6.07, 6.45) is 61.7. The highest BCUT2D eigenvalue weighted by atomic mass is 16.5. The number of unbranched alkanes of at least 4 members (excludes halogenated alkanes) is 24. The molecule has 0 aliphatic heterocycles. The Morgan fingerprint density at radius 2 is 0.441 bits per heavy atom. The lowest BCUT2D eigenvalue weighted by Crippen LogP contribution is -2.36. The fourth-order valence-corrected chi connectivity index (χ4v) is 21.8. The van der Waals surface area contributed by atoms with Gasteiger partial charge in [0.05, 0.1) is 0 Å². The predicted molar refractivity (Wildman–Crippen MR) is 504 cm³/mol. The fraction of sp³-hybridized carbons (Fsp3) is 0.564. The first-order chi connectivity index (χ1) is 57.3. The number of nitrogens with two attached hydrogens (primary N) is 4. The molecule has 0 radical (unpaired) electrons. The molecule has 8 nitrogen and oxygen atoms in total. The standard InChI is InChI=1S/2C55H78N2O2/c2*1-6-7-8-9-10-11-12-13-14-15-16-17-18-21-44-26-28-45(29-27-44)46-30-32-55(33-31-46,47-34-40(2)53(41(3)35-47)58-51-24-19-22-49(56)38-51)48-36-42(4)54(43(5)37-48)59-52-25-20-23-50(57)39-52/h2*19-20,22-25,34-39,44-46H,6-18,21,26-33,56-57H2,1-5H3. The molecule has 4 aliphatic rings. The Labute approximate surface area is 716 Å². The number of hydrogen-bond donors (Lipinski definition) is 4. The van der Waals surface area contributed by atoms with E-state index in [1.54, 1.807) is 0 Å². The summed E-state index contributed by atoms with van der Waals surface area (Å²) in [5.41, 5.74) is 42.1. The van der Waals surface area contributed by atoms with E-state index < -0.39 is 0 Å². The molecule has 0 bridgehead atoms. The van der Waals surface area contributed by atoms with E-state index >= 15 is 0 Å². The van der Waals surface area contributed by atoms with Crippen molar-refractivity contribution in [2.45, 2.75) is 363 Å². The van der Waals surface area contributed by atoms with Crippen molar-refractivity contribution in [1.29, 1.82) is 0 Å². The average Bonchev–Trinajstić information content (AvgIpc) is 0.749. The molecule has 12 rings (SSSR count). The zero-order valence-electron chi connectivity index (χ0n) is 75.4. The molecule has 0 aromatic heterocycles. The molecule has 4 saturated carbocycles. The van der Waals surface area contributed by atoms with Crippen molar-refractivity contribution in [2.24, 2.45) is 35.5 Å². The number of rotatable bonds is 42. The van der Waals surface area contributed by atoms with Gasteiger partial charge in [0, 0.05) is 57.8 Å². The van der Waals surface area contributed by atoms with Crippen LogP contribution in [0.25, 0.3) is 0 Å². The normalized spacial score (nSPS) is 18.2. The molecule has 0 unspecified atom stereocenters. The van der Waals surface area contributed by atoms with E-state index in [9.17, 15) is 0 Å². The summed E-state index contributed by atoms with van der Waals surface area (Å²) in [4.78, 5) is 0. The van der Waals surface area contributed by atoms with Crippen LogP contribution in [0.5, 0.6) is 46.0 Å². The van der Waals surface area contributed by atoms with Gasteiger partial charge in [0.25, 0.3) is 0 Å². The van der Waals surface area contributed by atoms with E-state index in [4.69, 9.17) is 41.9 Å². The lowest BCUT2D eigenvalue weighted by molar-refractivity contribution is 0.140. The first-order valence-electron chi connectivity index (χ1n) is 47.9. The van der Waals surface area contributed by atoms with Gasteiger partial charge < -0.3 is 41.9 Å². The minimum absolute atomic E-state index is 0.0710. The molecule has 8 N–H and O–H groups in total. The number of nitrogen functional groups attached to an aromatic ring is 4. The second-order valence-corrected chi connectivity index (χ2v) is 37.9. The molecular weight excluding hydrogens is 1440 g/mol. The van der Waals surface area contributed by atoms with E-state index in [1.165, 1.54) is 349 Å². The first-order valence-corrected chi connectivity index (χ1v) is 47.9. The molecule has 0 spiro atoms. The summed E-state index contributed by atoms with van der Waals surface area (Å²) >= 11 is 0. The second-order valence-electron chi connectivity index (χ2n) is 37.9. The van der Waals surface area contributed by atoms with Gasteiger partial charge >= 0.3 is 0 Å². The average molecular weight is 1600 g/mol. The Morgan fingerprint density at radius 1 is 0.246 bits per heavy atom. The van der Waals surface area contributed by atoms with Crippen LogP contribution in [0.4, 0.5) is 22.7 Å². The van der Waals surface area contributed by atoms with Crippen molar-refractivity contribution < 1.29 is 18.9 Å². The third-order valence-electron chi connectivity index (χ3n) is 28.7. The lowest BCUT2D eigenvalue weighted by atomic mass is 9.59. The van der Waals surface area contributed by atoms with Crippen LogP contribution >= 0.6 is 0 Å². The SMILES string of the molecule is CCCCCCCCCCCCCCCC1CCC(C2CCC(c3cc(C)c(Oc4cccc(N)c4)c(C)c3)(c3cc(C)c(Oc4cccc(N)c4)c(C)c3)CC2)CC1.CCCCCCCCCCCCCCCC1CCC(C2CCC(c3cc(C)c(Oc4cccc(N)c4)c(C)c3)(c3cc(C)c(Oc4cccc(N)c4)c(C)c3)CC2)CC1. The number of hydrogen-bond acceptors (Lipinski definition) is 8. The minimum atomic E-state index is -0.0710. The van der Waals surface area contributed by atoms with Crippen LogP contribution in [0.3, 0.4) is 0 Å². The van der Waals surface area contributed by atoms with Crippen molar-refractivity contribution in [3.8, 4) is 46.0 Å². The van der Waals surface area contributed by atoms with Gasteiger partial charge in [0.1, 0.15) is 46.0 Å². The molecule has 8 aromatic rings. The molecule has 4 fully saturated rings. The van der Waals surface area contributed by atoms with Crippen LogP contribution in [0, 0.1) is 90.9 Å². The van der Waals surface area contributed by atoms with Gasteiger partial charge in [-0.2, -0.15) is 0 Å². The zero-order valence-corrected chi connectivity index (χ0v) is 75.4. The third-order valence-corrected chi connectivity index (χ3v) is 28.7. The van der Waals surface area contributed by atoms with E-state index in [0.29, 0.717) is 22.7 Å². The van der Waals surface area contributed by atoms with Crippen LogP contribution in [-0.2, 0) is 10.8 Å². The molecule has 8 aromatic carbocycles. The van der Waals surface area contributed by atoms with Gasteiger partial charge in [-0.05, 0) is 283 Å². The van der Waals surface area contributed by atoms with Gasteiger partial charge in [0.15, 0.2) is 0 Å². The largest absolute Gasteiger partial charge is 0.457 e. The third kappa shape index (κ3) is 26.1. The summed E-state index contributed by atoms with van der Waals surface area (Å²) in [5, 5.41) is 0. The van der Waals surface area contributed by atoms with Crippen LogP contribution in [-0.4, -0.2) is 0 Å². The van der Waals surface area contributed by atoms with Crippen molar-refractivity contribution in [3.05, 3.63) is 212 Å². The van der Waals surface area contributed by atoms with Crippen molar-refractivity contribution in [2.75, 3.05) is 22.9 Å². The number of anilines is 4. The highest BCUT2D eigenvalue weighted by molar-refractivity contribution is 5.59. The van der Waals surface area contributed by atoms with Gasteiger partial charge in [-0.15, -0.1) is 0 Å². The maximum absolute atomic E-state index is 6.49. The lowest BCUT2D eigenvalue weighted by Gasteiger charge is -2.45.